The molecule has 0 saturated carbocycles. The van der Waals surface area contributed by atoms with Gasteiger partial charge < -0.3 is 5.32 Å². The van der Waals surface area contributed by atoms with Crippen LogP contribution in [0.3, 0.4) is 0 Å². The number of likely N-dealkylation sites (N-methyl/N-ethyl adjacent to an activating group) is 1. The molecule has 0 aliphatic heterocycles. The minimum absolute atomic E-state index is 0.144. The first-order chi connectivity index (χ1) is 9.69. The highest BCUT2D eigenvalue weighted by Crippen LogP contribution is 2.38. The molecular formula is C18H20FN. The Morgan fingerprint density at radius 3 is 2.80 bits per heavy atom. The normalized spacial score (nSPS) is 18.2. The Bertz CT molecular complexity index is 621. The van der Waals surface area contributed by atoms with Crippen molar-refractivity contribution in [3.05, 3.63) is 70.5 Å². The summed E-state index contributed by atoms with van der Waals surface area (Å²) in [7, 11) is 2.00. The van der Waals surface area contributed by atoms with Crippen molar-refractivity contribution in [3.8, 4) is 0 Å². The van der Waals surface area contributed by atoms with Gasteiger partial charge in [0, 0.05) is 12.0 Å². The molecule has 0 amide bonds. The summed E-state index contributed by atoms with van der Waals surface area (Å²) in [6.45, 7) is 2.05. The number of nitrogens with one attached hydrogen (secondary N) is 1. The first-order valence-corrected chi connectivity index (χ1v) is 7.19. The van der Waals surface area contributed by atoms with Crippen molar-refractivity contribution in [2.45, 2.75) is 31.7 Å². The molecular weight excluding hydrogens is 249 g/mol. The van der Waals surface area contributed by atoms with E-state index in [0.29, 0.717) is 12.0 Å². The molecule has 104 valence electrons. The molecule has 0 heterocycles. The average molecular weight is 269 g/mol. The van der Waals surface area contributed by atoms with E-state index in [1.165, 1.54) is 22.8 Å². The van der Waals surface area contributed by atoms with E-state index in [9.17, 15) is 4.39 Å². The molecule has 2 atom stereocenters. The number of halogens is 1. The van der Waals surface area contributed by atoms with Crippen molar-refractivity contribution in [3.63, 3.8) is 0 Å². The number of benzene rings is 2. The third-order valence-corrected chi connectivity index (χ3v) is 4.50. The number of aryl methyl sites for hydroxylation is 1. The molecule has 2 aromatic carbocycles. The third-order valence-electron chi connectivity index (χ3n) is 4.50. The van der Waals surface area contributed by atoms with E-state index in [2.05, 4.69) is 36.5 Å². The van der Waals surface area contributed by atoms with Gasteiger partial charge in [0.1, 0.15) is 5.82 Å². The Hall–Kier alpha value is -1.67. The van der Waals surface area contributed by atoms with Crippen LogP contribution >= 0.6 is 0 Å². The summed E-state index contributed by atoms with van der Waals surface area (Å²) >= 11 is 0. The van der Waals surface area contributed by atoms with Crippen molar-refractivity contribution >= 4 is 0 Å². The van der Waals surface area contributed by atoms with Gasteiger partial charge in [0.15, 0.2) is 0 Å². The van der Waals surface area contributed by atoms with Gasteiger partial charge in [0.2, 0.25) is 0 Å². The molecule has 0 radical (unpaired) electrons. The summed E-state index contributed by atoms with van der Waals surface area (Å²) in [5.74, 6) is 0.397. The molecule has 0 aromatic heterocycles. The van der Waals surface area contributed by atoms with Crippen molar-refractivity contribution in [1.82, 2.24) is 5.32 Å². The topological polar surface area (TPSA) is 12.0 Å². The number of fused-ring (bicyclic) bond motifs is 1. The largest absolute Gasteiger partial charge is 0.316 e. The van der Waals surface area contributed by atoms with Crippen molar-refractivity contribution in [2.24, 2.45) is 0 Å². The molecule has 2 unspecified atom stereocenters. The fourth-order valence-corrected chi connectivity index (χ4v) is 3.20. The summed E-state index contributed by atoms with van der Waals surface area (Å²) in [6, 6.07) is 14.1. The second-order valence-corrected chi connectivity index (χ2v) is 5.68. The van der Waals surface area contributed by atoms with Gasteiger partial charge in [-0.2, -0.15) is 0 Å². The fraction of sp³-hybridized carbons (Fsp3) is 0.333. The molecule has 20 heavy (non-hydrogen) atoms. The van der Waals surface area contributed by atoms with Crippen molar-refractivity contribution in [2.75, 3.05) is 7.05 Å². The van der Waals surface area contributed by atoms with E-state index < -0.39 is 0 Å². The number of hydrogen-bond donors (Lipinski definition) is 1. The summed E-state index contributed by atoms with van der Waals surface area (Å²) in [5, 5.41) is 3.42. The van der Waals surface area contributed by atoms with E-state index in [1.54, 1.807) is 6.07 Å². The molecule has 0 fully saturated rings. The molecule has 1 nitrogen and oxygen atoms in total. The Morgan fingerprint density at radius 2 is 2.05 bits per heavy atom. The smallest absolute Gasteiger partial charge is 0.123 e. The van der Waals surface area contributed by atoms with Crippen LogP contribution in [0.4, 0.5) is 4.39 Å². The summed E-state index contributed by atoms with van der Waals surface area (Å²) in [4.78, 5) is 0. The van der Waals surface area contributed by atoms with Crippen LogP contribution in [-0.4, -0.2) is 13.1 Å². The average Bonchev–Trinajstić information content (AvgIpc) is 2.43. The quantitative estimate of drug-likeness (QED) is 0.894. The zero-order valence-corrected chi connectivity index (χ0v) is 12.0. The zero-order chi connectivity index (χ0) is 14.1. The molecule has 0 bridgehead atoms. The standard InChI is InChI=1S/C18H20FN/c1-12-7-8-15(19)9-14(12)11-18(20-2)17-10-13-5-3-4-6-16(13)17/h3-9,17-18,20H,10-11H2,1-2H3. The van der Waals surface area contributed by atoms with Crippen molar-refractivity contribution in [1.29, 1.82) is 0 Å². The van der Waals surface area contributed by atoms with Gasteiger partial charge in [-0.15, -0.1) is 0 Å². The Balaban J connectivity index is 1.81. The van der Waals surface area contributed by atoms with Gasteiger partial charge >= 0.3 is 0 Å². The lowest BCUT2D eigenvalue weighted by atomic mass is 9.72. The monoisotopic (exact) mass is 269 g/mol. The maximum absolute atomic E-state index is 13.4. The van der Waals surface area contributed by atoms with E-state index in [4.69, 9.17) is 0 Å². The van der Waals surface area contributed by atoms with Crippen LogP contribution in [0.5, 0.6) is 0 Å². The summed E-state index contributed by atoms with van der Waals surface area (Å²) in [6.07, 6.45) is 2.00. The maximum atomic E-state index is 13.4. The van der Waals surface area contributed by atoms with Gasteiger partial charge in [-0.25, -0.2) is 4.39 Å². The van der Waals surface area contributed by atoms with Gasteiger partial charge in [-0.05, 0) is 61.2 Å². The summed E-state index contributed by atoms with van der Waals surface area (Å²) < 4.78 is 13.4. The van der Waals surface area contributed by atoms with Gasteiger partial charge in [-0.3, -0.25) is 0 Å². The lowest BCUT2D eigenvalue weighted by Gasteiger charge is -2.36. The van der Waals surface area contributed by atoms with Crippen LogP contribution < -0.4 is 5.32 Å². The molecule has 1 aliphatic rings. The molecule has 2 heteroatoms. The number of hydrogen-bond acceptors (Lipinski definition) is 1. The Kier molecular flexibility index (Phi) is 3.58. The number of rotatable bonds is 4. The van der Waals surface area contributed by atoms with E-state index in [0.717, 1.165) is 18.4 Å². The first kappa shape index (κ1) is 13.3. The van der Waals surface area contributed by atoms with E-state index in [1.807, 2.05) is 13.1 Å². The van der Waals surface area contributed by atoms with E-state index >= 15 is 0 Å². The molecule has 1 aliphatic carbocycles. The Labute approximate surface area is 119 Å². The van der Waals surface area contributed by atoms with Gasteiger partial charge in [0.05, 0.1) is 0 Å². The second-order valence-electron chi connectivity index (χ2n) is 5.68. The van der Waals surface area contributed by atoms with Crippen LogP contribution in [0.15, 0.2) is 42.5 Å². The van der Waals surface area contributed by atoms with Crippen LogP contribution in [0, 0.1) is 12.7 Å². The molecule has 0 saturated heterocycles. The molecule has 0 spiro atoms. The highest BCUT2D eigenvalue weighted by Gasteiger charge is 2.32. The van der Waals surface area contributed by atoms with E-state index in [-0.39, 0.29) is 5.82 Å². The molecule has 1 N–H and O–H groups in total. The highest BCUT2D eigenvalue weighted by atomic mass is 19.1. The van der Waals surface area contributed by atoms with Crippen LogP contribution in [0.1, 0.15) is 28.2 Å². The van der Waals surface area contributed by atoms with Gasteiger partial charge in [0.25, 0.3) is 0 Å². The minimum Gasteiger partial charge on any atom is -0.316 e. The SMILES string of the molecule is CNC(Cc1cc(F)ccc1C)C1Cc2ccccc21. The van der Waals surface area contributed by atoms with Crippen molar-refractivity contribution < 1.29 is 4.39 Å². The predicted molar refractivity (Wildman–Crippen MR) is 80.6 cm³/mol. The zero-order valence-electron chi connectivity index (χ0n) is 12.0. The molecule has 3 rings (SSSR count). The second kappa shape index (κ2) is 5.37. The lowest BCUT2D eigenvalue weighted by Crippen LogP contribution is -2.39. The predicted octanol–water partition coefficient (Wildman–Crippen LogP) is 3.60. The minimum atomic E-state index is -0.144. The fourth-order valence-electron chi connectivity index (χ4n) is 3.20. The molecule has 2 aromatic rings. The Morgan fingerprint density at radius 1 is 1.25 bits per heavy atom. The first-order valence-electron chi connectivity index (χ1n) is 7.19. The summed E-state index contributed by atoms with van der Waals surface area (Å²) in [5.41, 5.74) is 5.17. The van der Waals surface area contributed by atoms with Crippen LogP contribution in [0.25, 0.3) is 0 Å². The van der Waals surface area contributed by atoms with Crippen LogP contribution in [0.2, 0.25) is 0 Å². The lowest BCUT2D eigenvalue weighted by molar-refractivity contribution is 0.421. The highest BCUT2D eigenvalue weighted by molar-refractivity contribution is 5.42. The van der Waals surface area contributed by atoms with Crippen LogP contribution in [-0.2, 0) is 12.8 Å². The maximum Gasteiger partial charge on any atom is 0.123 e. The van der Waals surface area contributed by atoms with Gasteiger partial charge in [-0.1, -0.05) is 30.3 Å². The third kappa shape index (κ3) is 2.36.